The van der Waals surface area contributed by atoms with Gasteiger partial charge in [0.05, 0.1) is 25.8 Å². The molecule has 0 aliphatic carbocycles. The summed E-state index contributed by atoms with van der Waals surface area (Å²) in [5.41, 5.74) is -1.28. The van der Waals surface area contributed by atoms with Gasteiger partial charge in [0.15, 0.2) is 5.69 Å². The highest BCUT2D eigenvalue weighted by Gasteiger charge is 2.36. The molecule has 0 N–H and O–H groups in total. The lowest BCUT2D eigenvalue weighted by atomic mass is 10.2. The van der Waals surface area contributed by atoms with Gasteiger partial charge < -0.3 is 0 Å². The molecule has 0 unspecified atom stereocenters. The van der Waals surface area contributed by atoms with Gasteiger partial charge in [0, 0.05) is 26.5 Å². The molecule has 16 heteroatoms. The van der Waals surface area contributed by atoms with Crippen molar-refractivity contribution in [1.82, 2.24) is 29.5 Å². The number of nitrogens with zero attached hydrogens (tertiary/aromatic N) is 6. The highest BCUT2D eigenvalue weighted by molar-refractivity contribution is 6.36. The Hall–Kier alpha value is -2.54. The zero-order valence-corrected chi connectivity index (χ0v) is 21.0. The van der Waals surface area contributed by atoms with E-state index < -0.39 is 23.7 Å². The van der Waals surface area contributed by atoms with Gasteiger partial charge in [-0.25, -0.2) is 0 Å². The van der Waals surface area contributed by atoms with Crippen molar-refractivity contribution >= 4 is 46.4 Å². The van der Waals surface area contributed by atoms with Gasteiger partial charge >= 0.3 is 12.4 Å². The number of rotatable bonds is 2. The number of pyridine rings is 2. The molecule has 4 rings (SSSR count). The van der Waals surface area contributed by atoms with Crippen molar-refractivity contribution in [3.05, 3.63) is 68.1 Å². The molecule has 192 valence electrons. The van der Waals surface area contributed by atoms with Crippen molar-refractivity contribution in [2.75, 3.05) is 0 Å². The van der Waals surface area contributed by atoms with Crippen molar-refractivity contribution in [2.24, 2.45) is 14.1 Å². The van der Waals surface area contributed by atoms with Gasteiger partial charge in [-0.2, -0.15) is 36.5 Å². The topological polar surface area (TPSA) is 61.4 Å². The fourth-order valence-corrected chi connectivity index (χ4v) is 3.84. The third-order valence-electron chi connectivity index (χ3n) is 4.44. The lowest BCUT2D eigenvalue weighted by Crippen LogP contribution is -2.11. The van der Waals surface area contributed by atoms with Gasteiger partial charge in [-0.15, -0.1) is 0 Å². The fraction of sp³-hybridized carbons (Fsp3) is 0.200. The highest BCUT2D eigenvalue weighted by atomic mass is 35.5. The summed E-state index contributed by atoms with van der Waals surface area (Å²) in [5, 5.41) is 8.05. The number of aryl methyl sites for hydroxylation is 2. The number of halogens is 10. The van der Waals surface area contributed by atoms with E-state index in [9.17, 15) is 26.3 Å². The number of hydrogen-bond donors (Lipinski definition) is 0. The minimum atomic E-state index is -4.51. The van der Waals surface area contributed by atoms with E-state index in [2.05, 4.69) is 20.2 Å². The zero-order valence-electron chi connectivity index (χ0n) is 17.9. The van der Waals surface area contributed by atoms with Crippen LogP contribution in [0.25, 0.3) is 22.8 Å². The maximum absolute atomic E-state index is 12.6. The summed E-state index contributed by atoms with van der Waals surface area (Å²) in [5.74, 6) is 0. The molecule has 0 radical (unpaired) electrons. The first-order chi connectivity index (χ1) is 16.6. The molecule has 0 fully saturated rings. The second kappa shape index (κ2) is 10.4. The van der Waals surface area contributed by atoms with Crippen LogP contribution < -0.4 is 0 Å². The van der Waals surface area contributed by atoms with Crippen molar-refractivity contribution < 1.29 is 26.3 Å². The van der Waals surface area contributed by atoms with Crippen molar-refractivity contribution in [2.45, 2.75) is 12.4 Å². The first-order valence-electron chi connectivity index (χ1n) is 9.43. The maximum Gasteiger partial charge on any atom is 0.435 e. The summed E-state index contributed by atoms with van der Waals surface area (Å²) in [4.78, 5) is 7.79. The summed E-state index contributed by atoms with van der Waals surface area (Å²) in [6.07, 6.45) is -6.37. The molecule has 0 bridgehead atoms. The Kier molecular flexibility index (Phi) is 8.13. The largest absolute Gasteiger partial charge is 0.435 e. The van der Waals surface area contributed by atoms with Crippen LogP contribution in [0.4, 0.5) is 26.3 Å². The van der Waals surface area contributed by atoms with Crippen LogP contribution in [0.5, 0.6) is 0 Å². The van der Waals surface area contributed by atoms with Gasteiger partial charge in [0.25, 0.3) is 0 Å². The van der Waals surface area contributed by atoms with Gasteiger partial charge in [-0.1, -0.05) is 46.4 Å². The molecule has 6 nitrogen and oxygen atoms in total. The Bertz CT molecular complexity index is 1400. The third kappa shape index (κ3) is 6.41. The van der Waals surface area contributed by atoms with E-state index in [0.717, 1.165) is 21.5 Å². The molecule has 0 aromatic carbocycles. The molecule has 0 amide bonds. The second-order valence-electron chi connectivity index (χ2n) is 7.04. The van der Waals surface area contributed by atoms with Gasteiger partial charge in [-0.05, 0) is 24.3 Å². The van der Waals surface area contributed by atoms with Crippen LogP contribution in [0.1, 0.15) is 11.4 Å². The summed E-state index contributed by atoms with van der Waals surface area (Å²) in [6, 6.07) is 4.59. The van der Waals surface area contributed by atoms with E-state index in [4.69, 9.17) is 46.4 Å². The average Bonchev–Trinajstić information content (AvgIpc) is 3.31. The Labute approximate surface area is 219 Å². The van der Waals surface area contributed by atoms with E-state index in [1.807, 2.05) is 0 Å². The minimum Gasteiger partial charge on any atom is -0.266 e. The Morgan fingerprint density at radius 3 is 1.61 bits per heavy atom. The molecule has 0 atom stereocenters. The molecule has 4 heterocycles. The Balaban J connectivity index is 0.000000201. The molecule has 36 heavy (non-hydrogen) atoms. The summed E-state index contributed by atoms with van der Waals surface area (Å²) in [6.45, 7) is 0. The predicted octanol–water partition coefficient (Wildman–Crippen LogP) is 7.62. The second-order valence-corrected chi connectivity index (χ2v) is 8.73. The quantitative estimate of drug-likeness (QED) is 0.225. The maximum atomic E-state index is 12.6. The predicted molar refractivity (Wildman–Crippen MR) is 123 cm³/mol. The lowest BCUT2D eigenvalue weighted by Gasteiger charge is -2.04. The summed E-state index contributed by atoms with van der Waals surface area (Å²) >= 11 is 23.1. The number of hydrogen-bond acceptors (Lipinski definition) is 4. The van der Waals surface area contributed by atoms with Crippen LogP contribution >= 0.6 is 46.4 Å². The number of aromatic nitrogens is 6. The van der Waals surface area contributed by atoms with Gasteiger partial charge in [0.2, 0.25) is 0 Å². The van der Waals surface area contributed by atoms with Crippen LogP contribution in [0, 0.1) is 0 Å². The van der Waals surface area contributed by atoms with E-state index in [1.165, 1.54) is 38.6 Å². The SMILES string of the molecule is Cn1nc(-c2ncc(Cl)cc2Cl)cc1C(F)(F)F.Cn1nc(C(F)(F)F)cc1-c1ncc(Cl)cc1Cl. The van der Waals surface area contributed by atoms with E-state index in [0.29, 0.717) is 10.0 Å². The van der Waals surface area contributed by atoms with Crippen LogP contribution in [-0.2, 0) is 26.4 Å². The van der Waals surface area contributed by atoms with Crippen LogP contribution in [0.3, 0.4) is 0 Å². The minimum absolute atomic E-state index is 0.0477. The zero-order chi connectivity index (χ0) is 27.0. The third-order valence-corrected chi connectivity index (χ3v) is 5.43. The summed E-state index contributed by atoms with van der Waals surface area (Å²) in [7, 11) is 2.59. The van der Waals surface area contributed by atoms with E-state index >= 15 is 0 Å². The van der Waals surface area contributed by atoms with Gasteiger partial charge in [-0.3, -0.25) is 19.3 Å². The fourth-order valence-electron chi connectivity index (χ4n) is 2.88. The van der Waals surface area contributed by atoms with Crippen molar-refractivity contribution in [3.8, 4) is 22.8 Å². The molecule has 0 spiro atoms. The van der Waals surface area contributed by atoms with Crippen molar-refractivity contribution in [3.63, 3.8) is 0 Å². The van der Waals surface area contributed by atoms with Crippen LogP contribution in [0.2, 0.25) is 20.1 Å². The first kappa shape index (κ1) is 28.0. The monoisotopic (exact) mass is 590 g/mol. The normalized spacial score (nSPS) is 11.9. The summed E-state index contributed by atoms with van der Waals surface area (Å²) < 4.78 is 77.2. The first-order valence-corrected chi connectivity index (χ1v) is 10.9. The Morgan fingerprint density at radius 2 is 1.19 bits per heavy atom. The molecule has 0 saturated carbocycles. The van der Waals surface area contributed by atoms with Crippen LogP contribution in [-0.4, -0.2) is 29.5 Å². The molecular weight excluding hydrogens is 580 g/mol. The smallest absolute Gasteiger partial charge is 0.266 e. The number of alkyl halides is 6. The molecule has 0 saturated heterocycles. The molecule has 0 aliphatic rings. The van der Waals surface area contributed by atoms with E-state index in [-0.39, 0.29) is 32.8 Å². The molecule has 4 aromatic rings. The van der Waals surface area contributed by atoms with E-state index in [1.54, 1.807) is 0 Å². The molecular formula is C20H12Cl4F6N6. The van der Waals surface area contributed by atoms with Gasteiger partial charge in [0.1, 0.15) is 22.8 Å². The standard InChI is InChI=1S/2C10H6Cl2F3N3/c1-18-7(3-8(17-18)10(13,14)15)9-6(12)2-5(11)4-16-9;1-18-8(10(13,14)15)3-7(17-18)9-6(12)2-5(11)4-16-9/h2*2-4H,1H3. The Morgan fingerprint density at radius 1 is 0.667 bits per heavy atom. The van der Waals surface area contributed by atoms with Crippen molar-refractivity contribution in [1.29, 1.82) is 0 Å². The molecule has 0 aliphatic heterocycles. The highest BCUT2D eigenvalue weighted by Crippen LogP contribution is 2.35. The lowest BCUT2D eigenvalue weighted by molar-refractivity contribution is -0.143. The van der Waals surface area contributed by atoms with Crippen LogP contribution in [0.15, 0.2) is 36.7 Å². The average molecular weight is 592 g/mol. The molecule has 4 aromatic heterocycles.